The lowest BCUT2D eigenvalue weighted by Gasteiger charge is -2.19. The van der Waals surface area contributed by atoms with Gasteiger partial charge in [-0.25, -0.2) is 4.79 Å². The number of methoxy groups -OCH3 is 1. The van der Waals surface area contributed by atoms with Gasteiger partial charge in [-0.3, -0.25) is 0 Å². The molecule has 0 aliphatic heterocycles. The van der Waals surface area contributed by atoms with Crippen LogP contribution in [0.5, 0.6) is 5.75 Å². The van der Waals surface area contributed by atoms with Crippen LogP contribution in [0, 0.1) is 0 Å². The second kappa shape index (κ2) is 6.34. The predicted molar refractivity (Wildman–Crippen MR) is 62.6 cm³/mol. The van der Waals surface area contributed by atoms with E-state index in [4.69, 9.17) is 14.9 Å². The highest BCUT2D eigenvalue weighted by Crippen LogP contribution is 2.27. The second-order valence-corrected chi connectivity index (χ2v) is 3.78. The van der Waals surface area contributed by atoms with Crippen molar-refractivity contribution in [3.63, 3.8) is 0 Å². The summed E-state index contributed by atoms with van der Waals surface area (Å²) in [5, 5.41) is 37.2. The molecule has 0 heterocycles. The molecule has 0 fully saturated rings. The van der Waals surface area contributed by atoms with E-state index in [0.717, 1.165) is 0 Å². The van der Waals surface area contributed by atoms with Crippen molar-refractivity contribution in [3.8, 4) is 5.75 Å². The third-order valence-electron chi connectivity index (χ3n) is 2.60. The normalized spacial score (nSPS) is 14.0. The molecule has 100 valence electrons. The second-order valence-electron chi connectivity index (χ2n) is 3.78. The molecule has 0 saturated carbocycles. The van der Waals surface area contributed by atoms with Crippen molar-refractivity contribution >= 4 is 5.97 Å². The lowest BCUT2D eigenvalue weighted by Crippen LogP contribution is -2.21. The first-order chi connectivity index (χ1) is 8.51. The standard InChI is InChI=1S/C12H16O6/c1-18-7-2-3-8(12(16)17)9(6-7)11(15)10(14)4-5-13/h2-3,6,10-11,13-15H,4-5H2,1H3,(H,16,17). The van der Waals surface area contributed by atoms with Crippen LogP contribution in [-0.4, -0.2) is 46.2 Å². The van der Waals surface area contributed by atoms with Gasteiger partial charge in [0, 0.05) is 12.2 Å². The van der Waals surface area contributed by atoms with Gasteiger partial charge in [0.15, 0.2) is 0 Å². The fourth-order valence-corrected chi connectivity index (χ4v) is 1.60. The number of ether oxygens (including phenoxy) is 1. The van der Waals surface area contributed by atoms with Crippen LogP contribution in [0.3, 0.4) is 0 Å². The Bertz CT molecular complexity index is 417. The van der Waals surface area contributed by atoms with Gasteiger partial charge in [-0.1, -0.05) is 0 Å². The van der Waals surface area contributed by atoms with E-state index in [9.17, 15) is 15.0 Å². The smallest absolute Gasteiger partial charge is 0.336 e. The minimum absolute atomic E-state index is 0.0442. The molecular weight excluding hydrogens is 240 g/mol. The quantitative estimate of drug-likeness (QED) is 0.578. The maximum absolute atomic E-state index is 11.0. The summed E-state index contributed by atoms with van der Waals surface area (Å²) in [7, 11) is 1.41. The van der Waals surface area contributed by atoms with Crippen molar-refractivity contribution in [2.45, 2.75) is 18.6 Å². The Hall–Kier alpha value is -1.63. The van der Waals surface area contributed by atoms with Gasteiger partial charge in [-0.2, -0.15) is 0 Å². The first-order valence-electron chi connectivity index (χ1n) is 5.39. The molecule has 0 aromatic heterocycles. The third-order valence-corrected chi connectivity index (χ3v) is 2.60. The predicted octanol–water partition coefficient (Wildman–Crippen LogP) is 0.170. The molecule has 2 unspecified atom stereocenters. The Labute approximate surface area is 104 Å². The number of aliphatic hydroxyl groups is 3. The molecule has 0 spiro atoms. The van der Waals surface area contributed by atoms with Gasteiger partial charge in [0.2, 0.25) is 0 Å². The van der Waals surface area contributed by atoms with Crippen molar-refractivity contribution in [1.82, 2.24) is 0 Å². The largest absolute Gasteiger partial charge is 0.497 e. The molecule has 1 aromatic rings. The highest BCUT2D eigenvalue weighted by atomic mass is 16.5. The molecule has 6 heteroatoms. The van der Waals surface area contributed by atoms with E-state index in [1.807, 2.05) is 0 Å². The number of rotatable bonds is 6. The van der Waals surface area contributed by atoms with Crippen molar-refractivity contribution in [3.05, 3.63) is 29.3 Å². The number of carbonyl (C=O) groups is 1. The summed E-state index contributed by atoms with van der Waals surface area (Å²) >= 11 is 0. The van der Waals surface area contributed by atoms with Crippen molar-refractivity contribution in [1.29, 1.82) is 0 Å². The van der Waals surface area contributed by atoms with Gasteiger partial charge in [0.05, 0.1) is 18.8 Å². The van der Waals surface area contributed by atoms with E-state index in [-0.39, 0.29) is 24.2 Å². The maximum atomic E-state index is 11.0. The van der Waals surface area contributed by atoms with Gasteiger partial charge in [-0.15, -0.1) is 0 Å². The molecule has 0 aliphatic rings. The number of carboxylic acids is 1. The van der Waals surface area contributed by atoms with Crippen LogP contribution in [0.15, 0.2) is 18.2 Å². The van der Waals surface area contributed by atoms with Crippen LogP contribution in [0.4, 0.5) is 0 Å². The SMILES string of the molecule is COc1ccc(C(=O)O)c(C(O)C(O)CCO)c1. The van der Waals surface area contributed by atoms with E-state index < -0.39 is 18.2 Å². The summed E-state index contributed by atoms with van der Waals surface area (Å²) in [6.07, 6.45) is -2.67. The number of carboxylic acid groups (broad SMARTS) is 1. The van der Waals surface area contributed by atoms with Crippen LogP contribution in [0.2, 0.25) is 0 Å². The lowest BCUT2D eigenvalue weighted by molar-refractivity contribution is 0.00342. The van der Waals surface area contributed by atoms with E-state index in [1.165, 1.54) is 25.3 Å². The van der Waals surface area contributed by atoms with E-state index in [2.05, 4.69) is 0 Å². The molecular formula is C12H16O6. The van der Waals surface area contributed by atoms with E-state index in [0.29, 0.717) is 5.75 Å². The summed E-state index contributed by atoms with van der Waals surface area (Å²) in [5.41, 5.74) is -0.0527. The van der Waals surface area contributed by atoms with Gasteiger partial charge in [0.1, 0.15) is 11.9 Å². The molecule has 0 amide bonds. The summed E-state index contributed by atoms with van der Waals surface area (Å²) in [6, 6.07) is 4.11. The third kappa shape index (κ3) is 3.19. The zero-order valence-electron chi connectivity index (χ0n) is 9.91. The molecule has 0 saturated heterocycles. The highest BCUT2D eigenvalue weighted by Gasteiger charge is 2.23. The average molecular weight is 256 g/mol. The first-order valence-corrected chi connectivity index (χ1v) is 5.39. The Morgan fingerprint density at radius 3 is 2.56 bits per heavy atom. The van der Waals surface area contributed by atoms with Crippen LogP contribution >= 0.6 is 0 Å². The Morgan fingerprint density at radius 1 is 1.39 bits per heavy atom. The molecule has 1 rings (SSSR count). The van der Waals surface area contributed by atoms with Crippen molar-refractivity contribution < 1.29 is 30.0 Å². The maximum Gasteiger partial charge on any atom is 0.336 e. The Kier molecular flexibility index (Phi) is 5.08. The summed E-state index contributed by atoms with van der Waals surface area (Å²) in [4.78, 5) is 11.0. The minimum atomic E-state index is -1.39. The van der Waals surface area contributed by atoms with E-state index in [1.54, 1.807) is 0 Å². The van der Waals surface area contributed by atoms with Gasteiger partial charge < -0.3 is 25.2 Å². The summed E-state index contributed by atoms with van der Waals surface area (Å²) in [5.74, 6) is -0.826. The van der Waals surface area contributed by atoms with Crippen LogP contribution in [0.25, 0.3) is 0 Å². The fourth-order valence-electron chi connectivity index (χ4n) is 1.60. The van der Waals surface area contributed by atoms with Crippen LogP contribution in [-0.2, 0) is 0 Å². The monoisotopic (exact) mass is 256 g/mol. The minimum Gasteiger partial charge on any atom is -0.497 e. The zero-order valence-corrected chi connectivity index (χ0v) is 9.91. The topological polar surface area (TPSA) is 107 Å². The van der Waals surface area contributed by atoms with E-state index >= 15 is 0 Å². The molecule has 1 aromatic carbocycles. The van der Waals surface area contributed by atoms with Crippen molar-refractivity contribution in [2.24, 2.45) is 0 Å². The number of aromatic carboxylic acids is 1. The molecule has 0 bridgehead atoms. The molecule has 4 N–H and O–H groups in total. The van der Waals surface area contributed by atoms with Gasteiger partial charge >= 0.3 is 5.97 Å². The Morgan fingerprint density at radius 2 is 2.06 bits per heavy atom. The highest BCUT2D eigenvalue weighted by molar-refractivity contribution is 5.89. The molecule has 18 heavy (non-hydrogen) atoms. The van der Waals surface area contributed by atoms with Crippen LogP contribution in [0.1, 0.15) is 28.4 Å². The van der Waals surface area contributed by atoms with Crippen LogP contribution < -0.4 is 4.74 Å². The van der Waals surface area contributed by atoms with Crippen molar-refractivity contribution in [2.75, 3.05) is 13.7 Å². The summed E-state index contributed by atoms with van der Waals surface area (Å²) < 4.78 is 4.94. The van der Waals surface area contributed by atoms with Gasteiger partial charge in [-0.05, 0) is 24.6 Å². The summed E-state index contributed by atoms with van der Waals surface area (Å²) in [6.45, 7) is -0.301. The average Bonchev–Trinajstić information content (AvgIpc) is 2.37. The lowest BCUT2D eigenvalue weighted by atomic mass is 9.97. The Balaban J connectivity index is 3.14. The zero-order chi connectivity index (χ0) is 13.7. The number of hydrogen-bond donors (Lipinski definition) is 4. The molecule has 0 radical (unpaired) electrons. The molecule has 2 atom stereocenters. The van der Waals surface area contributed by atoms with Gasteiger partial charge in [0.25, 0.3) is 0 Å². The molecule has 0 aliphatic carbocycles. The fraction of sp³-hybridized carbons (Fsp3) is 0.417. The number of hydrogen-bond acceptors (Lipinski definition) is 5. The number of aliphatic hydroxyl groups excluding tert-OH is 3. The number of benzene rings is 1. The first kappa shape index (κ1) is 14.4. The molecule has 6 nitrogen and oxygen atoms in total.